The second kappa shape index (κ2) is 8.54. The van der Waals surface area contributed by atoms with Crippen molar-refractivity contribution in [3.8, 4) is 0 Å². The molecule has 26 heavy (non-hydrogen) atoms. The highest BCUT2D eigenvalue weighted by Gasteiger charge is 2.21. The quantitative estimate of drug-likeness (QED) is 0.661. The third kappa shape index (κ3) is 4.36. The van der Waals surface area contributed by atoms with E-state index in [4.69, 9.17) is 4.99 Å². The van der Waals surface area contributed by atoms with Gasteiger partial charge in [0.25, 0.3) is 0 Å². The molecule has 0 bridgehead atoms. The lowest BCUT2D eigenvalue weighted by atomic mass is 10.1. The molecule has 0 unspecified atom stereocenters. The number of rotatable bonds is 4. The van der Waals surface area contributed by atoms with E-state index in [2.05, 4.69) is 66.0 Å². The Kier molecular flexibility index (Phi) is 6.14. The maximum Gasteiger partial charge on any atom is 0.194 e. The SMILES string of the molecule is CCNC(=NCc1ncc(C)s1)N1CCN(c2cccc(C)c2C)CC1. The summed E-state index contributed by atoms with van der Waals surface area (Å²) in [6.45, 7) is 14.1. The van der Waals surface area contributed by atoms with E-state index in [1.165, 1.54) is 21.7 Å². The minimum atomic E-state index is 0.651. The van der Waals surface area contributed by atoms with Gasteiger partial charge in [0.1, 0.15) is 5.01 Å². The first-order valence-electron chi connectivity index (χ1n) is 9.34. The predicted molar refractivity (Wildman–Crippen MR) is 111 cm³/mol. The van der Waals surface area contributed by atoms with Crippen molar-refractivity contribution in [2.75, 3.05) is 37.6 Å². The molecular formula is C20H29N5S. The fourth-order valence-electron chi connectivity index (χ4n) is 3.28. The molecule has 1 saturated heterocycles. The number of aromatic nitrogens is 1. The molecule has 0 radical (unpaired) electrons. The lowest BCUT2D eigenvalue weighted by Gasteiger charge is -2.38. The molecule has 140 valence electrons. The summed E-state index contributed by atoms with van der Waals surface area (Å²) in [5, 5.41) is 4.51. The van der Waals surface area contributed by atoms with E-state index >= 15 is 0 Å². The number of benzene rings is 1. The van der Waals surface area contributed by atoms with Crippen molar-refractivity contribution in [2.45, 2.75) is 34.2 Å². The zero-order valence-corrected chi connectivity index (χ0v) is 17.1. The zero-order valence-electron chi connectivity index (χ0n) is 16.2. The van der Waals surface area contributed by atoms with Crippen LogP contribution in [0.1, 0.15) is 27.9 Å². The van der Waals surface area contributed by atoms with Gasteiger partial charge in [-0.3, -0.25) is 0 Å². The highest BCUT2D eigenvalue weighted by Crippen LogP contribution is 2.24. The second-order valence-corrected chi connectivity index (χ2v) is 8.05. The molecule has 1 aromatic carbocycles. The molecule has 0 atom stereocenters. The van der Waals surface area contributed by atoms with Crippen LogP contribution in [0.2, 0.25) is 0 Å². The average molecular weight is 372 g/mol. The third-order valence-electron chi connectivity index (χ3n) is 4.86. The van der Waals surface area contributed by atoms with Crippen molar-refractivity contribution in [1.29, 1.82) is 0 Å². The Bertz CT molecular complexity index is 759. The van der Waals surface area contributed by atoms with Gasteiger partial charge in [-0.15, -0.1) is 11.3 Å². The van der Waals surface area contributed by atoms with Crippen LogP contribution < -0.4 is 10.2 Å². The van der Waals surface area contributed by atoms with Crippen molar-refractivity contribution in [3.05, 3.63) is 45.4 Å². The van der Waals surface area contributed by atoms with E-state index in [-0.39, 0.29) is 0 Å². The van der Waals surface area contributed by atoms with Crippen LogP contribution in [-0.4, -0.2) is 48.6 Å². The van der Waals surface area contributed by atoms with Crippen molar-refractivity contribution in [3.63, 3.8) is 0 Å². The highest BCUT2D eigenvalue weighted by atomic mass is 32.1. The molecule has 1 fully saturated rings. The molecule has 1 aliphatic rings. The molecular weight excluding hydrogens is 342 g/mol. The van der Waals surface area contributed by atoms with E-state index < -0.39 is 0 Å². The summed E-state index contributed by atoms with van der Waals surface area (Å²) >= 11 is 1.72. The third-order valence-corrected chi connectivity index (χ3v) is 5.76. The number of guanidine groups is 1. The van der Waals surface area contributed by atoms with Crippen molar-refractivity contribution >= 4 is 23.0 Å². The lowest BCUT2D eigenvalue weighted by molar-refractivity contribution is 0.372. The largest absolute Gasteiger partial charge is 0.368 e. The Labute approximate surface area is 160 Å². The number of anilines is 1. The molecule has 1 aromatic heterocycles. The van der Waals surface area contributed by atoms with Crippen LogP contribution in [0.5, 0.6) is 0 Å². The van der Waals surface area contributed by atoms with Gasteiger partial charge in [0, 0.05) is 49.5 Å². The second-order valence-electron chi connectivity index (χ2n) is 6.73. The minimum Gasteiger partial charge on any atom is -0.368 e. The fourth-order valence-corrected chi connectivity index (χ4v) is 3.99. The maximum absolute atomic E-state index is 4.81. The van der Waals surface area contributed by atoms with Gasteiger partial charge in [-0.05, 0) is 44.9 Å². The van der Waals surface area contributed by atoms with Crippen LogP contribution in [-0.2, 0) is 6.54 Å². The zero-order chi connectivity index (χ0) is 18.5. The number of thiazole rings is 1. The van der Waals surface area contributed by atoms with Gasteiger partial charge in [0.05, 0.1) is 6.54 Å². The van der Waals surface area contributed by atoms with Gasteiger partial charge in [-0.2, -0.15) is 0 Å². The van der Waals surface area contributed by atoms with Crippen molar-refractivity contribution in [1.82, 2.24) is 15.2 Å². The normalized spacial score (nSPS) is 15.5. The summed E-state index contributed by atoms with van der Waals surface area (Å²) in [7, 11) is 0. The number of hydrogen-bond donors (Lipinski definition) is 1. The van der Waals surface area contributed by atoms with Crippen LogP contribution in [0.4, 0.5) is 5.69 Å². The van der Waals surface area contributed by atoms with E-state index in [9.17, 15) is 0 Å². The molecule has 1 N–H and O–H groups in total. The standard InChI is InChI=1S/C20H29N5S/c1-5-21-20(23-14-19-22-13-16(3)26-19)25-11-9-24(10-12-25)18-8-6-7-15(2)17(18)4/h6-8,13H,5,9-12,14H2,1-4H3,(H,21,23). The molecule has 6 heteroatoms. The van der Waals surface area contributed by atoms with Gasteiger partial charge in [-0.1, -0.05) is 12.1 Å². The summed E-state index contributed by atoms with van der Waals surface area (Å²) < 4.78 is 0. The van der Waals surface area contributed by atoms with E-state index in [0.717, 1.165) is 43.7 Å². The number of nitrogens with one attached hydrogen (secondary N) is 1. The first kappa shape index (κ1) is 18.7. The molecule has 0 saturated carbocycles. The molecule has 0 amide bonds. The molecule has 0 aliphatic carbocycles. The molecule has 2 heterocycles. The van der Waals surface area contributed by atoms with Gasteiger partial charge >= 0.3 is 0 Å². The molecule has 1 aliphatic heterocycles. The Balaban J connectivity index is 1.65. The summed E-state index contributed by atoms with van der Waals surface area (Å²) in [5.74, 6) is 1.00. The van der Waals surface area contributed by atoms with Crippen molar-refractivity contribution < 1.29 is 0 Å². The first-order chi connectivity index (χ1) is 12.6. The number of aryl methyl sites for hydroxylation is 2. The summed E-state index contributed by atoms with van der Waals surface area (Å²) in [6.07, 6.45) is 1.92. The van der Waals surface area contributed by atoms with Gasteiger partial charge in [0.15, 0.2) is 5.96 Å². The number of hydrogen-bond acceptors (Lipinski definition) is 4. The van der Waals surface area contributed by atoms with E-state index in [1.807, 2.05) is 6.20 Å². The Hall–Kier alpha value is -2.08. The van der Waals surface area contributed by atoms with Gasteiger partial charge in [0.2, 0.25) is 0 Å². The van der Waals surface area contributed by atoms with Crippen molar-refractivity contribution in [2.24, 2.45) is 4.99 Å². The number of aliphatic imine (C=N–C) groups is 1. The molecule has 3 rings (SSSR count). The molecule has 2 aromatic rings. The number of piperazine rings is 1. The van der Waals surface area contributed by atoms with Crippen LogP contribution in [0.15, 0.2) is 29.4 Å². The first-order valence-corrected chi connectivity index (χ1v) is 10.2. The summed E-state index contributed by atoms with van der Waals surface area (Å²) in [4.78, 5) is 15.3. The van der Waals surface area contributed by atoms with E-state index in [1.54, 1.807) is 11.3 Å². The number of nitrogens with zero attached hydrogens (tertiary/aromatic N) is 4. The van der Waals surface area contributed by atoms with E-state index in [0.29, 0.717) is 6.54 Å². The summed E-state index contributed by atoms with van der Waals surface area (Å²) in [5.41, 5.74) is 4.11. The highest BCUT2D eigenvalue weighted by molar-refractivity contribution is 7.11. The molecule has 5 nitrogen and oxygen atoms in total. The van der Waals surface area contributed by atoms with Crippen LogP contribution >= 0.6 is 11.3 Å². The van der Waals surface area contributed by atoms with Gasteiger partial charge in [-0.25, -0.2) is 9.98 Å². The van der Waals surface area contributed by atoms with Crippen LogP contribution in [0.25, 0.3) is 0 Å². The fraction of sp³-hybridized carbons (Fsp3) is 0.500. The topological polar surface area (TPSA) is 43.8 Å². The summed E-state index contributed by atoms with van der Waals surface area (Å²) in [6, 6.07) is 6.58. The Morgan fingerprint density at radius 2 is 1.96 bits per heavy atom. The lowest BCUT2D eigenvalue weighted by Crippen LogP contribution is -2.52. The smallest absolute Gasteiger partial charge is 0.194 e. The van der Waals surface area contributed by atoms with Crippen LogP contribution in [0, 0.1) is 20.8 Å². The predicted octanol–water partition coefficient (Wildman–Crippen LogP) is 3.36. The van der Waals surface area contributed by atoms with Crippen LogP contribution in [0.3, 0.4) is 0 Å². The Morgan fingerprint density at radius 3 is 2.62 bits per heavy atom. The monoisotopic (exact) mass is 371 g/mol. The maximum atomic E-state index is 4.81. The molecule has 0 spiro atoms. The van der Waals surface area contributed by atoms with Gasteiger partial charge < -0.3 is 15.1 Å². The average Bonchev–Trinajstić information content (AvgIpc) is 3.06. The minimum absolute atomic E-state index is 0.651. The Morgan fingerprint density at radius 1 is 1.19 bits per heavy atom.